The number of hydrogen-bond acceptors (Lipinski definition) is 2. The summed E-state index contributed by atoms with van der Waals surface area (Å²) in [6, 6.07) is 12.8. The van der Waals surface area contributed by atoms with E-state index in [1.807, 2.05) is 0 Å². The second-order valence-corrected chi connectivity index (χ2v) is 5.14. The van der Waals surface area contributed by atoms with Crippen molar-refractivity contribution in [2.45, 2.75) is 20.0 Å². The van der Waals surface area contributed by atoms with Crippen molar-refractivity contribution in [3.8, 4) is 11.4 Å². The lowest BCUT2D eigenvalue weighted by Gasteiger charge is -2.01. The second kappa shape index (κ2) is 3.93. The molecule has 0 saturated heterocycles. The lowest BCUT2D eigenvalue weighted by molar-refractivity contribution is 0.765. The van der Waals surface area contributed by atoms with Crippen molar-refractivity contribution in [1.82, 2.24) is 15.3 Å². The van der Waals surface area contributed by atoms with Gasteiger partial charge in [-0.25, -0.2) is 4.98 Å². The zero-order chi connectivity index (χ0) is 12.8. The molecule has 1 aliphatic heterocycles. The van der Waals surface area contributed by atoms with Gasteiger partial charge < -0.3 is 10.3 Å². The van der Waals surface area contributed by atoms with E-state index in [0.717, 1.165) is 35.5 Å². The largest absolute Gasteiger partial charge is 0.338 e. The van der Waals surface area contributed by atoms with Crippen molar-refractivity contribution in [1.29, 1.82) is 0 Å². The normalized spacial score (nSPS) is 13.9. The first-order chi connectivity index (χ1) is 9.31. The Morgan fingerprint density at radius 2 is 1.95 bits per heavy atom. The molecular weight excluding hydrogens is 234 g/mol. The molecule has 1 aromatic heterocycles. The molecule has 94 valence electrons. The third-order valence-corrected chi connectivity index (χ3v) is 3.83. The summed E-state index contributed by atoms with van der Waals surface area (Å²) in [6.07, 6.45) is 0. The van der Waals surface area contributed by atoms with E-state index in [1.165, 1.54) is 16.7 Å². The molecule has 3 heteroatoms. The quantitative estimate of drug-likeness (QED) is 0.695. The fourth-order valence-electron chi connectivity index (χ4n) is 2.75. The van der Waals surface area contributed by atoms with Crippen LogP contribution in [0.4, 0.5) is 0 Å². The van der Waals surface area contributed by atoms with Gasteiger partial charge in [0.15, 0.2) is 0 Å². The third-order valence-electron chi connectivity index (χ3n) is 3.83. The zero-order valence-electron chi connectivity index (χ0n) is 10.8. The molecule has 2 N–H and O–H groups in total. The number of H-pyrrole nitrogens is 1. The van der Waals surface area contributed by atoms with Gasteiger partial charge in [0, 0.05) is 18.7 Å². The number of aromatic amines is 1. The number of nitrogens with one attached hydrogen (secondary N) is 2. The number of nitrogens with zero attached hydrogens (tertiary/aromatic N) is 1. The van der Waals surface area contributed by atoms with E-state index in [4.69, 9.17) is 4.98 Å². The number of benzene rings is 2. The molecule has 0 aliphatic carbocycles. The summed E-state index contributed by atoms with van der Waals surface area (Å²) in [5.41, 5.74) is 7.33. The Bertz CT molecular complexity index is 771. The number of hydrogen-bond donors (Lipinski definition) is 2. The van der Waals surface area contributed by atoms with Gasteiger partial charge in [-0.3, -0.25) is 0 Å². The Morgan fingerprint density at radius 1 is 1.05 bits per heavy atom. The Balaban J connectivity index is 1.88. The van der Waals surface area contributed by atoms with E-state index in [0.29, 0.717) is 0 Å². The standard InChI is InChI=1S/C16H15N3/c1-10-3-2-4-14-15(10)19-16(18-14)11-5-6-12-8-17-9-13(12)7-11/h2-7,17H,8-9H2,1H3,(H,18,19). The number of para-hydroxylation sites is 1. The van der Waals surface area contributed by atoms with Gasteiger partial charge in [0.05, 0.1) is 11.0 Å². The van der Waals surface area contributed by atoms with E-state index in [1.54, 1.807) is 0 Å². The molecule has 0 bridgehead atoms. The fraction of sp³-hybridized carbons (Fsp3) is 0.188. The van der Waals surface area contributed by atoms with Crippen LogP contribution in [0.3, 0.4) is 0 Å². The molecule has 2 heterocycles. The third kappa shape index (κ3) is 1.66. The van der Waals surface area contributed by atoms with Gasteiger partial charge in [0.1, 0.15) is 5.82 Å². The lowest BCUT2D eigenvalue weighted by Crippen LogP contribution is -1.99. The van der Waals surface area contributed by atoms with Crippen LogP contribution >= 0.6 is 0 Å². The fourth-order valence-corrected chi connectivity index (χ4v) is 2.75. The average molecular weight is 249 g/mol. The van der Waals surface area contributed by atoms with E-state index in [-0.39, 0.29) is 0 Å². The minimum Gasteiger partial charge on any atom is -0.338 e. The minimum absolute atomic E-state index is 0.957. The number of aromatic nitrogens is 2. The number of imidazole rings is 1. The first kappa shape index (κ1) is 10.8. The average Bonchev–Trinajstić information content (AvgIpc) is 3.04. The van der Waals surface area contributed by atoms with Crippen molar-refractivity contribution in [3.05, 3.63) is 53.1 Å². The van der Waals surface area contributed by atoms with Gasteiger partial charge in [-0.2, -0.15) is 0 Å². The minimum atomic E-state index is 0.957. The van der Waals surface area contributed by atoms with E-state index in [2.05, 4.69) is 53.6 Å². The van der Waals surface area contributed by atoms with Crippen LogP contribution in [0, 0.1) is 6.92 Å². The first-order valence-electron chi connectivity index (χ1n) is 6.59. The van der Waals surface area contributed by atoms with Gasteiger partial charge in [-0.05, 0) is 35.7 Å². The van der Waals surface area contributed by atoms with Crippen LogP contribution in [0.15, 0.2) is 36.4 Å². The molecule has 3 nitrogen and oxygen atoms in total. The predicted octanol–water partition coefficient (Wildman–Crippen LogP) is 3.14. The monoisotopic (exact) mass is 249 g/mol. The molecule has 3 aromatic rings. The number of rotatable bonds is 1. The molecule has 2 aromatic carbocycles. The highest BCUT2D eigenvalue weighted by molar-refractivity contribution is 5.82. The molecule has 0 spiro atoms. The van der Waals surface area contributed by atoms with Crippen molar-refractivity contribution in [3.63, 3.8) is 0 Å². The summed E-state index contributed by atoms with van der Waals surface area (Å²) < 4.78 is 0. The van der Waals surface area contributed by atoms with E-state index in [9.17, 15) is 0 Å². The molecule has 19 heavy (non-hydrogen) atoms. The maximum absolute atomic E-state index is 4.73. The first-order valence-corrected chi connectivity index (χ1v) is 6.59. The molecule has 0 saturated carbocycles. The van der Waals surface area contributed by atoms with Crippen LogP contribution in [0.5, 0.6) is 0 Å². The van der Waals surface area contributed by atoms with E-state index < -0.39 is 0 Å². The maximum atomic E-state index is 4.73. The summed E-state index contributed by atoms with van der Waals surface area (Å²) in [5.74, 6) is 0.957. The highest BCUT2D eigenvalue weighted by Crippen LogP contribution is 2.26. The smallest absolute Gasteiger partial charge is 0.138 e. The molecule has 0 amide bonds. The number of fused-ring (bicyclic) bond motifs is 2. The van der Waals surface area contributed by atoms with Crippen LogP contribution < -0.4 is 5.32 Å². The van der Waals surface area contributed by atoms with Crippen LogP contribution in [0.25, 0.3) is 22.4 Å². The molecule has 0 radical (unpaired) electrons. The Hall–Kier alpha value is -2.13. The van der Waals surface area contributed by atoms with Crippen LogP contribution in [-0.2, 0) is 13.1 Å². The molecule has 0 unspecified atom stereocenters. The van der Waals surface area contributed by atoms with Gasteiger partial charge in [0.2, 0.25) is 0 Å². The van der Waals surface area contributed by atoms with Gasteiger partial charge in [0.25, 0.3) is 0 Å². The predicted molar refractivity (Wildman–Crippen MR) is 76.8 cm³/mol. The Kier molecular flexibility index (Phi) is 2.23. The SMILES string of the molecule is Cc1cccc2[nH]c(-c3ccc4c(c3)CNC4)nc12. The van der Waals surface area contributed by atoms with Crippen LogP contribution in [-0.4, -0.2) is 9.97 Å². The molecule has 0 atom stereocenters. The summed E-state index contributed by atoms with van der Waals surface area (Å²) in [4.78, 5) is 8.14. The topological polar surface area (TPSA) is 40.7 Å². The zero-order valence-corrected chi connectivity index (χ0v) is 10.8. The second-order valence-electron chi connectivity index (χ2n) is 5.14. The van der Waals surface area contributed by atoms with Gasteiger partial charge in [-0.15, -0.1) is 0 Å². The van der Waals surface area contributed by atoms with Crippen LogP contribution in [0.2, 0.25) is 0 Å². The molecular formula is C16H15N3. The highest BCUT2D eigenvalue weighted by Gasteiger charge is 2.12. The summed E-state index contributed by atoms with van der Waals surface area (Å²) >= 11 is 0. The van der Waals surface area contributed by atoms with E-state index >= 15 is 0 Å². The molecule has 4 rings (SSSR count). The summed E-state index contributed by atoms with van der Waals surface area (Å²) in [5, 5.41) is 3.37. The van der Waals surface area contributed by atoms with Crippen molar-refractivity contribution >= 4 is 11.0 Å². The Morgan fingerprint density at radius 3 is 2.84 bits per heavy atom. The Labute approximate surface area is 111 Å². The highest BCUT2D eigenvalue weighted by atomic mass is 14.9. The number of aryl methyl sites for hydroxylation is 1. The lowest BCUT2D eigenvalue weighted by atomic mass is 10.1. The summed E-state index contributed by atoms with van der Waals surface area (Å²) in [7, 11) is 0. The van der Waals surface area contributed by atoms with Gasteiger partial charge >= 0.3 is 0 Å². The van der Waals surface area contributed by atoms with Crippen molar-refractivity contribution < 1.29 is 0 Å². The summed E-state index contributed by atoms with van der Waals surface area (Å²) in [6.45, 7) is 4.04. The molecule has 0 fully saturated rings. The van der Waals surface area contributed by atoms with Crippen LogP contribution in [0.1, 0.15) is 16.7 Å². The van der Waals surface area contributed by atoms with Crippen molar-refractivity contribution in [2.75, 3.05) is 0 Å². The van der Waals surface area contributed by atoms with Crippen molar-refractivity contribution in [2.24, 2.45) is 0 Å². The van der Waals surface area contributed by atoms with Gasteiger partial charge in [-0.1, -0.05) is 24.3 Å². The maximum Gasteiger partial charge on any atom is 0.138 e. The molecule has 1 aliphatic rings.